The Morgan fingerprint density at radius 2 is 1.94 bits per heavy atom. The molecule has 1 fully saturated rings. The molecule has 0 atom stereocenters. The highest BCUT2D eigenvalue weighted by molar-refractivity contribution is 7.10. The lowest BCUT2D eigenvalue weighted by Crippen LogP contribution is -2.41. The van der Waals surface area contributed by atoms with Crippen LogP contribution in [0.3, 0.4) is 0 Å². The molecule has 0 aromatic carbocycles. The lowest BCUT2D eigenvalue weighted by molar-refractivity contribution is 0.312. The number of nitrogens with one attached hydrogen (secondary N) is 1. The molecule has 2 heteroatoms. The van der Waals surface area contributed by atoms with Crippen molar-refractivity contribution in [2.24, 2.45) is 0 Å². The number of hydrogen-bond donors (Lipinski definition) is 1. The molecule has 1 aliphatic rings. The largest absolute Gasteiger partial charge is 0.307 e. The Balaban J connectivity index is 1.90. The van der Waals surface area contributed by atoms with E-state index < -0.39 is 0 Å². The first-order valence-corrected chi connectivity index (χ1v) is 7.36. The molecule has 0 aliphatic heterocycles. The smallest absolute Gasteiger partial charge is 0.0307 e. The Labute approximate surface area is 103 Å². The summed E-state index contributed by atoms with van der Waals surface area (Å²) in [5.41, 5.74) is 1.82. The molecule has 0 unspecified atom stereocenters. The Morgan fingerprint density at radius 3 is 2.50 bits per heavy atom. The second-order valence-electron chi connectivity index (χ2n) is 5.36. The van der Waals surface area contributed by atoms with Gasteiger partial charge < -0.3 is 5.32 Å². The van der Waals surface area contributed by atoms with Gasteiger partial charge in [0, 0.05) is 17.0 Å². The molecule has 1 saturated carbocycles. The summed E-state index contributed by atoms with van der Waals surface area (Å²) in [4.78, 5) is 1.51. The number of aryl methyl sites for hydroxylation is 1. The second kappa shape index (κ2) is 5.33. The molecule has 1 N–H and O–H groups in total. The number of thiophene rings is 1. The third-order valence-corrected chi connectivity index (χ3v) is 4.87. The quantitative estimate of drug-likeness (QED) is 0.775. The van der Waals surface area contributed by atoms with Crippen molar-refractivity contribution in [3.05, 3.63) is 21.9 Å². The summed E-state index contributed by atoms with van der Waals surface area (Å²) in [6, 6.07) is 2.22. The summed E-state index contributed by atoms with van der Waals surface area (Å²) in [7, 11) is 0. The third-order valence-electron chi connectivity index (χ3n) is 3.85. The minimum Gasteiger partial charge on any atom is -0.307 e. The lowest BCUT2D eigenvalue weighted by Gasteiger charge is -2.29. The van der Waals surface area contributed by atoms with E-state index >= 15 is 0 Å². The van der Waals surface area contributed by atoms with Crippen LogP contribution in [0.5, 0.6) is 0 Å². The van der Waals surface area contributed by atoms with Gasteiger partial charge in [-0.25, -0.2) is 0 Å². The van der Waals surface area contributed by atoms with Gasteiger partial charge in [-0.05, 0) is 43.7 Å². The monoisotopic (exact) mass is 237 g/mol. The van der Waals surface area contributed by atoms with Gasteiger partial charge in [-0.3, -0.25) is 0 Å². The summed E-state index contributed by atoms with van der Waals surface area (Å²) < 4.78 is 0. The van der Waals surface area contributed by atoms with Crippen LogP contribution in [0.4, 0.5) is 0 Å². The van der Waals surface area contributed by atoms with E-state index in [1.165, 1.54) is 49.0 Å². The van der Waals surface area contributed by atoms with Crippen LogP contribution in [0.25, 0.3) is 0 Å². The molecule has 1 aromatic heterocycles. The average molecular weight is 237 g/mol. The molecular weight excluding hydrogens is 214 g/mol. The van der Waals surface area contributed by atoms with E-state index in [1.54, 1.807) is 0 Å². The average Bonchev–Trinajstić information content (AvgIpc) is 2.54. The summed E-state index contributed by atoms with van der Waals surface area (Å²) in [6.07, 6.45) is 8.33. The zero-order valence-corrected chi connectivity index (χ0v) is 11.3. The minimum absolute atomic E-state index is 0.382. The summed E-state index contributed by atoms with van der Waals surface area (Å²) in [6.45, 7) is 5.67. The van der Waals surface area contributed by atoms with Gasteiger partial charge in [-0.15, -0.1) is 11.3 Å². The predicted octanol–water partition coefficient (Wildman–Crippen LogP) is 4.26. The first-order valence-electron chi connectivity index (χ1n) is 6.48. The molecule has 0 spiro atoms. The third kappa shape index (κ3) is 3.08. The normalized spacial score (nSPS) is 20.6. The van der Waals surface area contributed by atoms with Crippen molar-refractivity contribution in [1.82, 2.24) is 5.32 Å². The van der Waals surface area contributed by atoms with Crippen molar-refractivity contribution >= 4 is 11.3 Å². The molecule has 2 rings (SSSR count). The van der Waals surface area contributed by atoms with Crippen LogP contribution in [0.1, 0.15) is 55.9 Å². The summed E-state index contributed by atoms with van der Waals surface area (Å²) >= 11 is 1.88. The molecule has 16 heavy (non-hydrogen) atoms. The fourth-order valence-electron chi connectivity index (χ4n) is 2.56. The van der Waals surface area contributed by atoms with E-state index in [4.69, 9.17) is 0 Å². The molecule has 1 aliphatic carbocycles. The minimum atomic E-state index is 0.382. The molecular formula is C14H23NS. The van der Waals surface area contributed by atoms with Crippen molar-refractivity contribution in [2.45, 2.75) is 64.5 Å². The van der Waals surface area contributed by atoms with Gasteiger partial charge in [0.05, 0.1) is 0 Å². The Hall–Kier alpha value is -0.340. The second-order valence-corrected chi connectivity index (χ2v) is 6.36. The highest BCUT2D eigenvalue weighted by atomic mass is 32.1. The fraction of sp³-hybridized carbons (Fsp3) is 0.714. The lowest BCUT2D eigenvalue weighted by atomic mass is 9.92. The molecule has 0 radical (unpaired) electrons. The van der Waals surface area contributed by atoms with Crippen LogP contribution >= 0.6 is 11.3 Å². The van der Waals surface area contributed by atoms with E-state index in [0.717, 1.165) is 6.54 Å². The first kappa shape index (κ1) is 12.1. The van der Waals surface area contributed by atoms with Crippen molar-refractivity contribution in [2.75, 3.05) is 0 Å². The zero-order valence-electron chi connectivity index (χ0n) is 10.5. The number of rotatable bonds is 3. The molecule has 90 valence electrons. The topological polar surface area (TPSA) is 12.0 Å². The van der Waals surface area contributed by atoms with Gasteiger partial charge in [0.2, 0.25) is 0 Å². The molecule has 0 saturated heterocycles. The highest BCUT2D eigenvalue weighted by Gasteiger charge is 2.24. The van der Waals surface area contributed by atoms with Crippen LogP contribution in [0.2, 0.25) is 0 Å². The van der Waals surface area contributed by atoms with Crippen LogP contribution in [0.15, 0.2) is 11.4 Å². The molecule has 0 bridgehead atoms. The highest BCUT2D eigenvalue weighted by Crippen LogP contribution is 2.27. The van der Waals surface area contributed by atoms with Gasteiger partial charge in [0.15, 0.2) is 0 Å². The van der Waals surface area contributed by atoms with E-state index in [0.29, 0.717) is 5.54 Å². The van der Waals surface area contributed by atoms with Crippen molar-refractivity contribution in [1.29, 1.82) is 0 Å². The Kier molecular flexibility index (Phi) is 4.04. The molecule has 0 amide bonds. The van der Waals surface area contributed by atoms with Gasteiger partial charge in [-0.2, -0.15) is 0 Å². The maximum atomic E-state index is 3.79. The summed E-state index contributed by atoms with van der Waals surface area (Å²) in [5.74, 6) is 0. The van der Waals surface area contributed by atoms with Gasteiger partial charge >= 0.3 is 0 Å². The summed E-state index contributed by atoms with van der Waals surface area (Å²) in [5, 5.41) is 5.99. The maximum absolute atomic E-state index is 3.79. The van der Waals surface area contributed by atoms with Crippen LogP contribution in [-0.4, -0.2) is 5.54 Å². The van der Waals surface area contributed by atoms with Crippen molar-refractivity contribution < 1.29 is 0 Å². The zero-order chi connectivity index (χ0) is 11.4. The molecule has 1 aromatic rings. The standard InChI is InChI=1S/C14H23NS/c1-12-7-10-16-13(12)11-15-14(2)8-5-3-4-6-9-14/h7,10,15H,3-6,8-9,11H2,1-2H3. The van der Waals surface area contributed by atoms with Crippen LogP contribution in [0, 0.1) is 6.92 Å². The van der Waals surface area contributed by atoms with Crippen LogP contribution < -0.4 is 5.32 Å². The molecule has 1 heterocycles. The molecule has 1 nitrogen and oxygen atoms in total. The van der Waals surface area contributed by atoms with Gasteiger partial charge in [-0.1, -0.05) is 25.7 Å². The maximum Gasteiger partial charge on any atom is 0.0307 e. The fourth-order valence-corrected chi connectivity index (χ4v) is 3.41. The van der Waals surface area contributed by atoms with E-state index in [2.05, 4.69) is 30.6 Å². The Morgan fingerprint density at radius 1 is 1.25 bits per heavy atom. The van der Waals surface area contributed by atoms with Gasteiger partial charge in [0.1, 0.15) is 0 Å². The van der Waals surface area contributed by atoms with Crippen molar-refractivity contribution in [3.63, 3.8) is 0 Å². The van der Waals surface area contributed by atoms with E-state index in [1.807, 2.05) is 11.3 Å². The number of hydrogen-bond acceptors (Lipinski definition) is 2. The van der Waals surface area contributed by atoms with Crippen molar-refractivity contribution in [3.8, 4) is 0 Å². The van der Waals surface area contributed by atoms with Crippen LogP contribution in [-0.2, 0) is 6.54 Å². The van der Waals surface area contributed by atoms with Gasteiger partial charge in [0.25, 0.3) is 0 Å². The predicted molar refractivity (Wildman–Crippen MR) is 72.0 cm³/mol. The Bertz CT molecular complexity index is 321. The van der Waals surface area contributed by atoms with E-state index in [9.17, 15) is 0 Å². The SMILES string of the molecule is Cc1ccsc1CNC1(C)CCCCCC1. The van der Waals surface area contributed by atoms with E-state index in [-0.39, 0.29) is 0 Å². The first-order chi connectivity index (χ1) is 7.70.